The first kappa shape index (κ1) is 11.3. The van der Waals surface area contributed by atoms with Gasteiger partial charge in [-0.15, -0.1) is 0 Å². The second kappa shape index (κ2) is 4.74. The molecule has 1 aromatic carbocycles. The van der Waals surface area contributed by atoms with Crippen LogP contribution in [0.5, 0.6) is 11.5 Å². The van der Waals surface area contributed by atoms with E-state index in [9.17, 15) is 5.11 Å². The number of likely N-dealkylation sites (N-methyl/N-ethyl adjacent to an activating group) is 1. The topological polar surface area (TPSA) is 32.7 Å². The van der Waals surface area contributed by atoms with Crippen molar-refractivity contribution in [3.05, 3.63) is 23.8 Å². The van der Waals surface area contributed by atoms with E-state index in [-0.39, 0.29) is 0 Å². The molecule has 1 unspecified atom stereocenters. The fourth-order valence-electron chi connectivity index (χ4n) is 2.34. The zero-order valence-corrected chi connectivity index (χ0v) is 9.94. The minimum absolute atomic E-state index is 0.322. The Hall–Kier alpha value is -1.22. The molecule has 1 aromatic rings. The van der Waals surface area contributed by atoms with Gasteiger partial charge in [-0.2, -0.15) is 0 Å². The Morgan fingerprint density at radius 2 is 2.12 bits per heavy atom. The molecule has 16 heavy (non-hydrogen) atoms. The van der Waals surface area contributed by atoms with Crippen LogP contribution in [0.15, 0.2) is 18.2 Å². The molecule has 88 valence electrons. The second-order valence-corrected chi connectivity index (χ2v) is 4.18. The first-order valence-corrected chi connectivity index (χ1v) is 5.93. The van der Waals surface area contributed by atoms with Gasteiger partial charge in [-0.25, -0.2) is 0 Å². The van der Waals surface area contributed by atoms with Gasteiger partial charge in [0.05, 0.1) is 0 Å². The molecule has 0 saturated heterocycles. The number of phenolic OH excluding ortho intramolecular Hbond substituents is 1. The van der Waals surface area contributed by atoms with Crippen molar-refractivity contribution in [3.8, 4) is 11.5 Å². The van der Waals surface area contributed by atoms with Gasteiger partial charge < -0.3 is 9.84 Å². The minimum atomic E-state index is 0.322. The van der Waals surface area contributed by atoms with Gasteiger partial charge in [-0.1, -0.05) is 13.8 Å². The lowest BCUT2D eigenvalue weighted by atomic mass is 10.0. The second-order valence-electron chi connectivity index (χ2n) is 4.18. The number of benzene rings is 1. The van der Waals surface area contributed by atoms with Crippen LogP contribution >= 0.6 is 0 Å². The monoisotopic (exact) mass is 221 g/mol. The third-order valence-corrected chi connectivity index (χ3v) is 3.26. The van der Waals surface area contributed by atoms with Crippen molar-refractivity contribution in [2.45, 2.75) is 26.3 Å². The Morgan fingerprint density at radius 3 is 2.81 bits per heavy atom. The Kier molecular flexibility index (Phi) is 3.34. The smallest absolute Gasteiger partial charge is 0.122 e. The fourth-order valence-corrected chi connectivity index (χ4v) is 2.34. The van der Waals surface area contributed by atoms with Gasteiger partial charge in [0.2, 0.25) is 0 Å². The maximum Gasteiger partial charge on any atom is 0.122 e. The van der Waals surface area contributed by atoms with Crippen LogP contribution < -0.4 is 4.74 Å². The van der Waals surface area contributed by atoms with Gasteiger partial charge >= 0.3 is 0 Å². The predicted molar refractivity (Wildman–Crippen MR) is 64.0 cm³/mol. The largest absolute Gasteiger partial charge is 0.508 e. The first-order chi connectivity index (χ1) is 7.74. The quantitative estimate of drug-likeness (QED) is 0.847. The summed E-state index contributed by atoms with van der Waals surface area (Å²) in [5.74, 6) is 1.24. The molecule has 3 nitrogen and oxygen atoms in total. The highest BCUT2D eigenvalue weighted by atomic mass is 16.5. The Labute approximate surface area is 96.6 Å². The van der Waals surface area contributed by atoms with Gasteiger partial charge in [0.25, 0.3) is 0 Å². The number of nitrogens with zero attached hydrogens (tertiary/aromatic N) is 1. The first-order valence-electron chi connectivity index (χ1n) is 5.93. The molecule has 0 spiro atoms. The zero-order chi connectivity index (χ0) is 11.5. The van der Waals surface area contributed by atoms with Crippen molar-refractivity contribution in [2.75, 3.05) is 19.7 Å². The third-order valence-electron chi connectivity index (χ3n) is 3.26. The van der Waals surface area contributed by atoms with Crippen molar-refractivity contribution in [1.82, 2.24) is 4.90 Å². The van der Waals surface area contributed by atoms with E-state index in [1.165, 1.54) is 0 Å². The van der Waals surface area contributed by atoms with Crippen molar-refractivity contribution >= 4 is 0 Å². The Bertz CT molecular complexity index is 361. The van der Waals surface area contributed by atoms with Crippen LogP contribution in [0.1, 0.15) is 19.4 Å². The highest BCUT2D eigenvalue weighted by molar-refractivity contribution is 5.41. The average Bonchev–Trinajstić information content (AvgIpc) is 2.30. The van der Waals surface area contributed by atoms with E-state index >= 15 is 0 Å². The number of ether oxygens (including phenoxy) is 1. The van der Waals surface area contributed by atoms with Crippen LogP contribution in [0.3, 0.4) is 0 Å². The number of aromatic hydroxyl groups is 1. The van der Waals surface area contributed by atoms with E-state index in [0.29, 0.717) is 11.8 Å². The SMILES string of the molecule is CCN(CC)C1COc2ccc(O)cc2C1. The standard InChI is InChI=1S/C13H19NO2/c1-3-14(4-2)11-7-10-8-12(15)5-6-13(10)16-9-11/h5-6,8,11,15H,3-4,7,9H2,1-2H3. The molecule has 0 saturated carbocycles. The molecular formula is C13H19NO2. The molecule has 0 aliphatic carbocycles. The molecule has 1 heterocycles. The van der Waals surface area contributed by atoms with E-state index in [4.69, 9.17) is 4.74 Å². The molecular weight excluding hydrogens is 202 g/mol. The predicted octanol–water partition coefficient (Wildman–Crippen LogP) is 2.04. The van der Waals surface area contributed by atoms with Crippen molar-refractivity contribution < 1.29 is 9.84 Å². The maximum absolute atomic E-state index is 9.46. The lowest BCUT2D eigenvalue weighted by molar-refractivity contribution is 0.129. The minimum Gasteiger partial charge on any atom is -0.508 e. The Balaban J connectivity index is 2.16. The lowest BCUT2D eigenvalue weighted by Crippen LogP contribution is -2.42. The maximum atomic E-state index is 9.46. The molecule has 1 atom stereocenters. The average molecular weight is 221 g/mol. The summed E-state index contributed by atoms with van der Waals surface area (Å²) < 4.78 is 5.72. The van der Waals surface area contributed by atoms with Crippen LogP contribution in [-0.2, 0) is 6.42 Å². The van der Waals surface area contributed by atoms with E-state index in [0.717, 1.165) is 37.4 Å². The normalized spacial score (nSPS) is 19.3. The van der Waals surface area contributed by atoms with Gasteiger partial charge in [0.15, 0.2) is 0 Å². The molecule has 0 amide bonds. The number of rotatable bonds is 3. The lowest BCUT2D eigenvalue weighted by Gasteiger charge is -2.33. The molecule has 0 bridgehead atoms. The van der Waals surface area contributed by atoms with Crippen LogP contribution in [0.4, 0.5) is 0 Å². The summed E-state index contributed by atoms with van der Waals surface area (Å²) in [7, 11) is 0. The van der Waals surface area contributed by atoms with Gasteiger partial charge in [0, 0.05) is 6.04 Å². The summed E-state index contributed by atoms with van der Waals surface area (Å²) in [6, 6.07) is 5.77. The van der Waals surface area contributed by atoms with E-state index < -0.39 is 0 Å². The molecule has 1 aliphatic rings. The molecule has 1 N–H and O–H groups in total. The van der Waals surface area contributed by atoms with Crippen LogP contribution in [0.2, 0.25) is 0 Å². The zero-order valence-electron chi connectivity index (χ0n) is 9.94. The van der Waals surface area contributed by atoms with E-state index in [2.05, 4.69) is 18.7 Å². The highest BCUT2D eigenvalue weighted by Crippen LogP contribution is 2.29. The molecule has 0 aromatic heterocycles. The molecule has 0 radical (unpaired) electrons. The number of phenols is 1. The van der Waals surface area contributed by atoms with E-state index in [1.807, 2.05) is 12.1 Å². The van der Waals surface area contributed by atoms with Crippen LogP contribution in [0, 0.1) is 0 Å². The third kappa shape index (κ3) is 2.14. The number of fused-ring (bicyclic) bond motifs is 1. The summed E-state index contributed by atoms with van der Waals surface area (Å²) in [4.78, 5) is 2.40. The van der Waals surface area contributed by atoms with Gasteiger partial charge in [-0.05, 0) is 43.3 Å². The molecule has 3 heteroatoms. The molecule has 1 aliphatic heterocycles. The summed E-state index contributed by atoms with van der Waals surface area (Å²) in [5.41, 5.74) is 1.11. The molecule has 0 fully saturated rings. The van der Waals surface area contributed by atoms with Crippen molar-refractivity contribution in [3.63, 3.8) is 0 Å². The van der Waals surface area contributed by atoms with Gasteiger partial charge in [0.1, 0.15) is 18.1 Å². The van der Waals surface area contributed by atoms with Crippen molar-refractivity contribution in [2.24, 2.45) is 0 Å². The summed E-state index contributed by atoms with van der Waals surface area (Å²) >= 11 is 0. The summed E-state index contributed by atoms with van der Waals surface area (Å²) in [6.07, 6.45) is 0.964. The number of hydrogen-bond donors (Lipinski definition) is 1. The van der Waals surface area contributed by atoms with E-state index in [1.54, 1.807) is 6.07 Å². The summed E-state index contributed by atoms with van der Waals surface area (Å²) in [6.45, 7) is 7.17. The Morgan fingerprint density at radius 1 is 1.38 bits per heavy atom. The van der Waals surface area contributed by atoms with Gasteiger partial charge in [-0.3, -0.25) is 4.90 Å². The number of hydrogen-bond acceptors (Lipinski definition) is 3. The van der Waals surface area contributed by atoms with Crippen LogP contribution in [-0.4, -0.2) is 35.7 Å². The highest BCUT2D eigenvalue weighted by Gasteiger charge is 2.23. The summed E-state index contributed by atoms with van der Waals surface area (Å²) in [5, 5.41) is 9.46. The fraction of sp³-hybridized carbons (Fsp3) is 0.538. The van der Waals surface area contributed by atoms with Crippen molar-refractivity contribution in [1.29, 1.82) is 0 Å². The molecule has 2 rings (SSSR count). The van der Waals surface area contributed by atoms with Crippen LogP contribution in [0.25, 0.3) is 0 Å².